The van der Waals surface area contributed by atoms with Crippen molar-refractivity contribution in [3.63, 3.8) is 0 Å². The Labute approximate surface area is 121 Å². The highest BCUT2D eigenvalue weighted by molar-refractivity contribution is 5.90. The van der Waals surface area contributed by atoms with Crippen molar-refractivity contribution in [3.05, 3.63) is 12.2 Å². The first-order chi connectivity index (χ1) is 9.45. The Morgan fingerprint density at radius 3 is 2.60 bits per heavy atom. The summed E-state index contributed by atoms with van der Waals surface area (Å²) in [5.41, 5.74) is -0.283. The lowest BCUT2D eigenvalue weighted by Gasteiger charge is -2.34. The molecule has 1 aromatic heterocycles. The van der Waals surface area contributed by atoms with E-state index in [4.69, 9.17) is 0 Å². The van der Waals surface area contributed by atoms with Crippen LogP contribution in [0.2, 0.25) is 0 Å². The van der Waals surface area contributed by atoms with Crippen molar-refractivity contribution >= 4 is 5.78 Å². The van der Waals surface area contributed by atoms with E-state index in [1.165, 1.54) is 0 Å². The topological polar surface area (TPSA) is 51.0 Å². The van der Waals surface area contributed by atoms with Crippen LogP contribution in [0, 0.1) is 5.92 Å². The lowest BCUT2D eigenvalue weighted by atomic mass is 9.88. The molecule has 0 aromatic carbocycles. The molecular weight excluding hydrogens is 252 g/mol. The van der Waals surface area contributed by atoms with Crippen molar-refractivity contribution in [2.24, 2.45) is 5.92 Å². The SMILES string of the molecule is CC(C)Cn1ncnc1CC(=O)C1(N(C)C)CCCC1. The van der Waals surface area contributed by atoms with Crippen LogP contribution in [0.3, 0.4) is 0 Å². The Balaban J connectivity index is 2.13. The zero-order valence-electron chi connectivity index (χ0n) is 13.1. The molecule has 2 rings (SSSR count). The van der Waals surface area contributed by atoms with E-state index in [0.717, 1.165) is 38.1 Å². The fraction of sp³-hybridized carbons (Fsp3) is 0.800. The average Bonchev–Trinajstić information content (AvgIpc) is 2.99. The van der Waals surface area contributed by atoms with Crippen molar-refractivity contribution < 1.29 is 4.79 Å². The maximum absolute atomic E-state index is 12.8. The van der Waals surface area contributed by atoms with Gasteiger partial charge in [0.05, 0.1) is 12.0 Å². The number of carbonyl (C=O) groups is 1. The standard InChI is InChI=1S/C15H26N4O/c1-12(2)10-19-14(16-11-17-19)9-13(20)15(18(3)4)7-5-6-8-15/h11-12H,5-10H2,1-4H3. The predicted octanol–water partition coefficient (Wildman–Crippen LogP) is 1.92. The first-order valence-electron chi connectivity index (χ1n) is 7.53. The van der Waals surface area contributed by atoms with Crippen LogP contribution in [0.5, 0.6) is 0 Å². The number of hydrogen-bond donors (Lipinski definition) is 0. The van der Waals surface area contributed by atoms with Crippen LogP contribution in [0.1, 0.15) is 45.4 Å². The van der Waals surface area contributed by atoms with E-state index >= 15 is 0 Å². The molecule has 0 atom stereocenters. The number of aromatic nitrogens is 3. The van der Waals surface area contributed by atoms with Crippen molar-refractivity contribution in [2.75, 3.05) is 14.1 Å². The van der Waals surface area contributed by atoms with Gasteiger partial charge < -0.3 is 0 Å². The van der Waals surface area contributed by atoms with Crippen molar-refractivity contribution in [1.82, 2.24) is 19.7 Å². The first-order valence-corrected chi connectivity index (χ1v) is 7.53. The molecule has 0 N–H and O–H groups in total. The van der Waals surface area contributed by atoms with Crippen LogP contribution in [-0.4, -0.2) is 45.1 Å². The van der Waals surface area contributed by atoms with Gasteiger partial charge in [-0.3, -0.25) is 9.69 Å². The van der Waals surface area contributed by atoms with E-state index in [-0.39, 0.29) is 11.3 Å². The highest BCUT2D eigenvalue weighted by Gasteiger charge is 2.42. The van der Waals surface area contributed by atoms with Gasteiger partial charge in [-0.05, 0) is 32.9 Å². The molecule has 1 heterocycles. The molecule has 5 heteroatoms. The molecule has 0 aliphatic heterocycles. The third-order valence-corrected chi connectivity index (χ3v) is 4.36. The first kappa shape index (κ1) is 15.2. The third kappa shape index (κ3) is 2.92. The normalized spacial score (nSPS) is 18.1. The maximum Gasteiger partial charge on any atom is 0.160 e. The van der Waals surface area contributed by atoms with Crippen molar-refractivity contribution in [2.45, 2.75) is 58.0 Å². The van der Waals surface area contributed by atoms with Crippen molar-refractivity contribution in [3.8, 4) is 0 Å². The largest absolute Gasteiger partial charge is 0.297 e. The monoisotopic (exact) mass is 278 g/mol. The quantitative estimate of drug-likeness (QED) is 0.798. The molecule has 5 nitrogen and oxygen atoms in total. The number of likely N-dealkylation sites (N-methyl/N-ethyl adjacent to an activating group) is 1. The molecule has 0 radical (unpaired) electrons. The minimum absolute atomic E-state index is 0.283. The molecule has 1 aliphatic rings. The molecule has 0 bridgehead atoms. The van der Waals surface area contributed by atoms with Gasteiger partial charge in [-0.15, -0.1) is 0 Å². The van der Waals surface area contributed by atoms with Crippen LogP contribution in [0.4, 0.5) is 0 Å². The van der Waals surface area contributed by atoms with E-state index in [1.807, 2.05) is 18.8 Å². The molecule has 1 aromatic rings. The summed E-state index contributed by atoms with van der Waals surface area (Å²) < 4.78 is 1.88. The van der Waals surface area contributed by atoms with E-state index in [1.54, 1.807) is 6.33 Å². The summed E-state index contributed by atoms with van der Waals surface area (Å²) in [7, 11) is 4.03. The summed E-state index contributed by atoms with van der Waals surface area (Å²) in [6, 6.07) is 0. The van der Waals surface area contributed by atoms with E-state index in [2.05, 4.69) is 28.8 Å². The smallest absolute Gasteiger partial charge is 0.160 e. The summed E-state index contributed by atoms with van der Waals surface area (Å²) in [5, 5.41) is 4.24. The summed E-state index contributed by atoms with van der Waals surface area (Å²) >= 11 is 0. The molecule has 0 spiro atoms. The van der Waals surface area contributed by atoms with Gasteiger partial charge in [-0.2, -0.15) is 5.10 Å². The fourth-order valence-electron chi connectivity index (χ4n) is 3.17. The second-order valence-electron chi connectivity index (χ2n) is 6.49. The predicted molar refractivity (Wildman–Crippen MR) is 78.5 cm³/mol. The Hall–Kier alpha value is -1.23. The molecule has 0 amide bonds. The highest BCUT2D eigenvalue weighted by Crippen LogP contribution is 2.35. The Kier molecular flexibility index (Phi) is 4.58. The average molecular weight is 278 g/mol. The number of nitrogens with zero attached hydrogens (tertiary/aromatic N) is 4. The minimum atomic E-state index is -0.283. The molecule has 1 aliphatic carbocycles. The Morgan fingerprint density at radius 1 is 1.40 bits per heavy atom. The number of Topliss-reactive ketones (excluding diaryl/α,β-unsaturated/α-hetero) is 1. The lowest BCUT2D eigenvalue weighted by molar-refractivity contribution is -0.129. The number of ketones is 1. The van der Waals surface area contributed by atoms with Crippen LogP contribution >= 0.6 is 0 Å². The van der Waals surface area contributed by atoms with Crippen LogP contribution in [0.15, 0.2) is 6.33 Å². The highest BCUT2D eigenvalue weighted by atomic mass is 16.1. The molecule has 112 valence electrons. The zero-order valence-corrected chi connectivity index (χ0v) is 13.1. The van der Waals surface area contributed by atoms with E-state index in [9.17, 15) is 4.79 Å². The van der Waals surface area contributed by atoms with Gasteiger partial charge in [0.25, 0.3) is 0 Å². The number of hydrogen-bond acceptors (Lipinski definition) is 4. The summed E-state index contributed by atoms with van der Waals surface area (Å²) in [4.78, 5) is 19.2. The fourth-order valence-corrected chi connectivity index (χ4v) is 3.17. The summed E-state index contributed by atoms with van der Waals surface area (Å²) in [5.74, 6) is 1.59. The van der Waals surface area contributed by atoms with Gasteiger partial charge in [-0.1, -0.05) is 26.7 Å². The summed E-state index contributed by atoms with van der Waals surface area (Å²) in [6.45, 7) is 5.11. The maximum atomic E-state index is 12.8. The molecule has 1 saturated carbocycles. The summed E-state index contributed by atoms with van der Waals surface area (Å²) in [6.07, 6.45) is 6.17. The van der Waals surface area contributed by atoms with Gasteiger partial charge >= 0.3 is 0 Å². The lowest BCUT2D eigenvalue weighted by Crippen LogP contribution is -2.49. The van der Waals surface area contributed by atoms with Gasteiger partial charge in [0.1, 0.15) is 12.2 Å². The molecule has 1 fully saturated rings. The van der Waals surface area contributed by atoms with Crippen LogP contribution in [0.25, 0.3) is 0 Å². The second kappa shape index (κ2) is 6.04. The molecular formula is C15H26N4O. The molecule has 0 unspecified atom stereocenters. The molecule has 20 heavy (non-hydrogen) atoms. The number of rotatable bonds is 6. The minimum Gasteiger partial charge on any atom is -0.297 e. The van der Waals surface area contributed by atoms with Gasteiger partial charge in [0.15, 0.2) is 5.78 Å². The second-order valence-corrected chi connectivity index (χ2v) is 6.49. The van der Waals surface area contributed by atoms with Crippen LogP contribution < -0.4 is 0 Å². The zero-order chi connectivity index (χ0) is 14.8. The van der Waals surface area contributed by atoms with Gasteiger partial charge in [0, 0.05) is 6.54 Å². The Morgan fingerprint density at radius 2 is 2.05 bits per heavy atom. The van der Waals surface area contributed by atoms with Crippen molar-refractivity contribution in [1.29, 1.82) is 0 Å². The Bertz CT molecular complexity index is 458. The van der Waals surface area contributed by atoms with E-state index < -0.39 is 0 Å². The third-order valence-electron chi connectivity index (χ3n) is 4.36. The van der Waals surface area contributed by atoms with Crippen LogP contribution in [-0.2, 0) is 17.8 Å². The van der Waals surface area contributed by atoms with Gasteiger partial charge in [-0.25, -0.2) is 9.67 Å². The molecule has 0 saturated heterocycles. The van der Waals surface area contributed by atoms with Gasteiger partial charge in [0.2, 0.25) is 0 Å². The number of carbonyl (C=O) groups excluding carboxylic acids is 1. The van der Waals surface area contributed by atoms with E-state index in [0.29, 0.717) is 12.3 Å².